The summed E-state index contributed by atoms with van der Waals surface area (Å²) >= 11 is 0. The molecule has 0 radical (unpaired) electrons. The van der Waals surface area contributed by atoms with Crippen LogP contribution in [-0.4, -0.2) is 46.5 Å². The molecule has 0 amide bonds. The van der Waals surface area contributed by atoms with Gasteiger partial charge in [0.1, 0.15) is 6.33 Å². The Bertz CT molecular complexity index is 477. The summed E-state index contributed by atoms with van der Waals surface area (Å²) in [6, 6.07) is -0.729. The maximum atomic E-state index is 10.9. The van der Waals surface area contributed by atoms with Crippen LogP contribution in [0.25, 0.3) is 11.6 Å². The molecule has 2 aromatic rings. The molecule has 1 atom stereocenters. The largest absolute Gasteiger partial charge is 0.480 e. The fraction of sp³-hybridized carbons (Fsp3) is 0.429. The predicted molar refractivity (Wildman–Crippen MR) is 50.2 cm³/mol. The van der Waals surface area contributed by atoms with E-state index in [0.717, 1.165) is 0 Å². The van der Waals surface area contributed by atoms with E-state index in [4.69, 9.17) is 5.11 Å². The minimum atomic E-state index is -0.952. The average Bonchev–Trinajstić information content (AvgIpc) is 2.86. The lowest BCUT2D eigenvalue weighted by Crippen LogP contribution is -2.18. The molecule has 0 bridgehead atoms. The first-order valence-corrected chi connectivity index (χ1v) is 4.60. The molecule has 0 saturated carbocycles. The standard InChI is InChI=1S/C7H9N7O2/c1-2-4(7(15)16)14-3-8-5(11-14)6-9-12-13-10-6/h3-4H,2H2,1H3,(H,15,16)(H,9,10,12,13)/t4-/m1/s1. The van der Waals surface area contributed by atoms with Crippen LogP contribution in [0.1, 0.15) is 19.4 Å². The summed E-state index contributed by atoms with van der Waals surface area (Å²) < 4.78 is 1.27. The molecule has 0 aliphatic rings. The Balaban J connectivity index is 2.29. The third kappa shape index (κ3) is 1.74. The van der Waals surface area contributed by atoms with Crippen molar-refractivity contribution in [3.63, 3.8) is 0 Å². The third-order valence-electron chi connectivity index (χ3n) is 2.04. The van der Waals surface area contributed by atoms with Crippen LogP contribution in [0.3, 0.4) is 0 Å². The first-order chi connectivity index (χ1) is 7.72. The number of nitrogens with zero attached hydrogens (tertiary/aromatic N) is 6. The Morgan fingerprint density at radius 2 is 2.44 bits per heavy atom. The summed E-state index contributed by atoms with van der Waals surface area (Å²) in [5.74, 6) is -0.473. The maximum absolute atomic E-state index is 10.9. The lowest BCUT2D eigenvalue weighted by Gasteiger charge is -2.07. The van der Waals surface area contributed by atoms with Crippen LogP contribution in [0, 0.1) is 0 Å². The van der Waals surface area contributed by atoms with Crippen LogP contribution in [0.2, 0.25) is 0 Å². The molecule has 9 heteroatoms. The number of carboxylic acid groups (broad SMARTS) is 1. The Kier molecular flexibility index (Phi) is 2.58. The molecule has 16 heavy (non-hydrogen) atoms. The number of aliphatic carboxylic acids is 1. The van der Waals surface area contributed by atoms with Gasteiger partial charge in [0.25, 0.3) is 0 Å². The average molecular weight is 223 g/mol. The van der Waals surface area contributed by atoms with Gasteiger partial charge in [-0.3, -0.25) is 0 Å². The van der Waals surface area contributed by atoms with E-state index in [0.29, 0.717) is 6.42 Å². The number of aromatic nitrogens is 7. The zero-order chi connectivity index (χ0) is 11.5. The van der Waals surface area contributed by atoms with E-state index in [1.807, 2.05) is 0 Å². The van der Waals surface area contributed by atoms with Crippen molar-refractivity contribution in [3.8, 4) is 11.6 Å². The Morgan fingerprint density at radius 3 is 3.00 bits per heavy atom. The second-order valence-electron chi connectivity index (χ2n) is 3.05. The van der Waals surface area contributed by atoms with Crippen molar-refractivity contribution in [3.05, 3.63) is 6.33 Å². The van der Waals surface area contributed by atoms with Crippen LogP contribution < -0.4 is 0 Å². The predicted octanol–water partition coefficient (Wildman–Crippen LogP) is -0.506. The molecule has 2 heterocycles. The topological polar surface area (TPSA) is 122 Å². The van der Waals surface area contributed by atoms with E-state index in [2.05, 4.69) is 30.7 Å². The fourth-order valence-electron chi connectivity index (χ4n) is 1.26. The van der Waals surface area contributed by atoms with Gasteiger partial charge in [0, 0.05) is 0 Å². The van der Waals surface area contributed by atoms with E-state index in [-0.39, 0.29) is 11.6 Å². The molecule has 2 rings (SSSR count). The maximum Gasteiger partial charge on any atom is 0.328 e. The van der Waals surface area contributed by atoms with Crippen molar-refractivity contribution in [1.29, 1.82) is 0 Å². The zero-order valence-electron chi connectivity index (χ0n) is 8.40. The molecular formula is C7H9N7O2. The zero-order valence-corrected chi connectivity index (χ0v) is 8.40. The lowest BCUT2D eigenvalue weighted by molar-refractivity contribution is -0.141. The Labute approximate surface area is 89.5 Å². The number of hydrogen-bond acceptors (Lipinski definition) is 6. The van der Waals surface area contributed by atoms with Gasteiger partial charge < -0.3 is 5.11 Å². The second-order valence-corrected chi connectivity index (χ2v) is 3.05. The summed E-state index contributed by atoms with van der Waals surface area (Å²) in [6.45, 7) is 1.76. The molecule has 0 aliphatic carbocycles. The van der Waals surface area contributed by atoms with Crippen LogP contribution in [0.4, 0.5) is 0 Å². The summed E-state index contributed by atoms with van der Waals surface area (Å²) in [7, 11) is 0. The number of H-pyrrole nitrogens is 1. The van der Waals surface area contributed by atoms with Gasteiger partial charge in [-0.1, -0.05) is 6.92 Å². The van der Waals surface area contributed by atoms with E-state index < -0.39 is 12.0 Å². The Hall–Kier alpha value is -2.32. The van der Waals surface area contributed by atoms with Crippen molar-refractivity contribution in [2.75, 3.05) is 0 Å². The smallest absolute Gasteiger partial charge is 0.328 e. The molecule has 84 valence electrons. The molecule has 0 spiro atoms. The number of rotatable bonds is 4. The van der Waals surface area contributed by atoms with Crippen molar-refractivity contribution in [2.24, 2.45) is 0 Å². The highest BCUT2D eigenvalue weighted by Gasteiger charge is 2.20. The molecule has 0 fully saturated rings. The summed E-state index contributed by atoms with van der Waals surface area (Å²) in [5.41, 5.74) is 0. The molecule has 2 aromatic heterocycles. The van der Waals surface area contributed by atoms with Gasteiger partial charge >= 0.3 is 5.97 Å². The van der Waals surface area contributed by atoms with Crippen LogP contribution in [-0.2, 0) is 4.79 Å². The third-order valence-corrected chi connectivity index (χ3v) is 2.04. The second kappa shape index (κ2) is 4.04. The van der Waals surface area contributed by atoms with Gasteiger partial charge in [-0.15, -0.1) is 15.3 Å². The number of hydrogen-bond donors (Lipinski definition) is 2. The van der Waals surface area contributed by atoms with E-state index in [1.54, 1.807) is 6.92 Å². The SMILES string of the molecule is CC[C@H](C(=O)O)n1cnc(-c2nn[nH]n2)n1. The number of tetrazole rings is 1. The normalized spacial score (nSPS) is 12.6. The van der Waals surface area contributed by atoms with Gasteiger partial charge in [-0.25, -0.2) is 14.5 Å². The monoisotopic (exact) mass is 223 g/mol. The van der Waals surface area contributed by atoms with Crippen molar-refractivity contribution >= 4 is 5.97 Å². The highest BCUT2D eigenvalue weighted by atomic mass is 16.4. The van der Waals surface area contributed by atoms with Crippen LogP contribution in [0.5, 0.6) is 0 Å². The van der Waals surface area contributed by atoms with E-state index in [9.17, 15) is 4.79 Å². The summed E-state index contributed by atoms with van der Waals surface area (Å²) in [5, 5.41) is 25.9. The van der Waals surface area contributed by atoms with E-state index in [1.165, 1.54) is 11.0 Å². The summed E-state index contributed by atoms with van der Waals surface area (Å²) in [6.07, 6.45) is 1.76. The van der Waals surface area contributed by atoms with Crippen molar-refractivity contribution in [2.45, 2.75) is 19.4 Å². The fourth-order valence-corrected chi connectivity index (χ4v) is 1.26. The number of nitrogens with one attached hydrogen (secondary N) is 1. The quantitative estimate of drug-likeness (QED) is 0.715. The highest BCUT2D eigenvalue weighted by molar-refractivity contribution is 5.71. The minimum absolute atomic E-state index is 0.235. The van der Waals surface area contributed by atoms with Gasteiger partial charge in [-0.2, -0.15) is 5.21 Å². The number of carboxylic acids is 1. The molecule has 0 unspecified atom stereocenters. The first kappa shape index (κ1) is 10.2. The molecule has 0 aromatic carbocycles. The van der Waals surface area contributed by atoms with Gasteiger partial charge in [0.2, 0.25) is 11.6 Å². The Morgan fingerprint density at radius 1 is 1.62 bits per heavy atom. The van der Waals surface area contributed by atoms with E-state index >= 15 is 0 Å². The van der Waals surface area contributed by atoms with Gasteiger partial charge in [0.05, 0.1) is 0 Å². The first-order valence-electron chi connectivity index (χ1n) is 4.60. The number of carbonyl (C=O) groups is 1. The van der Waals surface area contributed by atoms with Gasteiger partial charge in [0.15, 0.2) is 6.04 Å². The highest BCUT2D eigenvalue weighted by Crippen LogP contribution is 2.12. The number of aromatic amines is 1. The molecule has 0 aliphatic heterocycles. The minimum Gasteiger partial charge on any atom is -0.480 e. The molecule has 9 nitrogen and oxygen atoms in total. The lowest BCUT2D eigenvalue weighted by atomic mass is 10.2. The molecule has 2 N–H and O–H groups in total. The van der Waals surface area contributed by atoms with Crippen molar-refractivity contribution in [1.82, 2.24) is 35.4 Å². The van der Waals surface area contributed by atoms with Crippen LogP contribution in [0.15, 0.2) is 6.33 Å². The van der Waals surface area contributed by atoms with Crippen LogP contribution >= 0.6 is 0 Å². The molecular weight excluding hydrogens is 214 g/mol. The van der Waals surface area contributed by atoms with Gasteiger partial charge in [-0.05, 0) is 11.6 Å². The van der Waals surface area contributed by atoms with Crippen molar-refractivity contribution < 1.29 is 9.90 Å². The molecule has 0 saturated heterocycles. The summed E-state index contributed by atoms with van der Waals surface area (Å²) in [4.78, 5) is 14.8.